The Balaban J connectivity index is 1.73. The molecule has 9 heteroatoms. The Morgan fingerprint density at radius 3 is 2.96 bits per heavy atom. The summed E-state index contributed by atoms with van der Waals surface area (Å²) < 4.78 is 24.6. The van der Waals surface area contributed by atoms with Gasteiger partial charge in [0.05, 0.1) is 27.5 Å². The van der Waals surface area contributed by atoms with Crippen molar-refractivity contribution in [3.05, 3.63) is 17.8 Å². The highest BCUT2D eigenvalue weighted by Gasteiger charge is 2.36. The van der Waals surface area contributed by atoms with Crippen molar-refractivity contribution >= 4 is 49.1 Å². The first-order valence-corrected chi connectivity index (χ1v) is 11.9. The zero-order valence-corrected chi connectivity index (χ0v) is 16.7. The Morgan fingerprint density at radius 2 is 2.28 bits per heavy atom. The van der Waals surface area contributed by atoms with Crippen LogP contribution < -0.4 is 0 Å². The molecule has 2 aromatic heterocycles. The topological polar surface area (TPSA) is 80.2 Å². The summed E-state index contributed by atoms with van der Waals surface area (Å²) in [7, 11) is -3.02. The van der Waals surface area contributed by atoms with E-state index >= 15 is 0 Å². The molecule has 1 fully saturated rings. The van der Waals surface area contributed by atoms with Crippen LogP contribution in [0.15, 0.2) is 22.8 Å². The van der Waals surface area contributed by atoms with E-state index in [1.807, 2.05) is 25.3 Å². The van der Waals surface area contributed by atoms with Gasteiger partial charge in [-0.05, 0) is 31.2 Å². The van der Waals surface area contributed by atoms with E-state index in [-0.39, 0.29) is 35.2 Å². The first-order valence-electron chi connectivity index (χ1n) is 8.24. The van der Waals surface area contributed by atoms with Gasteiger partial charge >= 0.3 is 0 Å². The number of aromatic nitrogens is 2. The van der Waals surface area contributed by atoms with Gasteiger partial charge in [0.1, 0.15) is 11.4 Å². The summed E-state index contributed by atoms with van der Waals surface area (Å²) in [4.78, 5) is 23.1. The van der Waals surface area contributed by atoms with Crippen LogP contribution in [-0.2, 0) is 14.6 Å². The van der Waals surface area contributed by atoms with Crippen molar-refractivity contribution in [2.75, 3.05) is 17.3 Å². The molecule has 0 radical (unpaired) electrons. The molecular weight excluding hydrogens is 378 g/mol. The predicted molar refractivity (Wildman–Crippen MR) is 102 cm³/mol. The third kappa shape index (κ3) is 4.15. The summed E-state index contributed by atoms with van der Waals surface area (Å²) in [5.74, 6) is 0.485. The van der Waals surface area contributed by atoms with Gasteiger partial charge in [-0.3, -0.25) is 4.79 Å². The number of hydrogen-bond acceptors (Lipinski definition) is 7. The van der Waals surface area contributed by atoms with Gasteiger partial charge in [-0.15, -0.1) is 11.3 Å². The van der Waals surface area contributed by atoms with Gasteiger partial charge in [-0.2, -0.15) is 0 Å². The van der Waals surface area contributed by atoms with Crippen LogP contribution in [0.25, 0.3) is 10.2 Å². The molecule has 3 rings (SSSR count). The minimum Gasteiger partial charge on any atom is -0.335 e. The lowest BCUT2D eigenvalue weighted by molar-refractivity contribution is -0.132. The summed E-state index contributed by atoms with van der Waals surface area (Å²) in [5, 5.41) is 2.76. The van der Waals surface area contributed by atoms with Gasteiger partial charge in [0.15, 0.2) is 9.84 Å². The second kappa shape index (κ2) is 7.59. The smallest absolute Gasteiger partial charge is 0.233 e. The number of amides is 1. The number of carbonyl (C=O) groups excluding carboxylic acids is 1. The molecule has 1 aliphatic rings. The number of thiophene rings is 1. The molecule has 0 saturated carbocycles. The third-order valence-corrected chi connectivity index (χ3v) is 8.26. The summed E-state index contributed by atoms with van der Waals surface area (Å²) in [5.41, 5.74) is 0.885. The Hall–Kier alpha value is -1.19. The van der Waals surface area contributed by atoms with Crippen LogP contribution >= 0.6 is 23.1 Å². The molecule has 2 atom stereocenters. The molecular formula is C16H21N3O3S3. The van der Waals surface area contributed by atoms with Crippen LogP contribution in [0.2, 0.25) is 0 Å². The fourth-order valence-corrected chi connectivity index (χ4v) is 6.60. The number of sulfone groups is 1. The minimum atomic E-state index is -3.02. The molecule has 1 amide bonds. The van der Waals surface area contributed by atoms with Crippen LogP contribution in [-0.4, -0.2) is 58.5 Å². The number of fused-ring (bicyclic) bond motifs is 1. The lowest BCUT2D eigenvalue weighted by Crippen LogP contribution is -2.47. The van der Waals surface area contributed by atoms with Crippen molar-refractivity contribution in [2.45, 2.75) is 43.8 Å². The Morgan fingerprint density at radius 1 is 1.48 bits per heavy atom. The quantitative estimate of drug-likeness (QED) is 0.549. The molecule has 0 aliphatic carbocycles. The largest absolute Gasteiger partial charge is 0.335 e. The second-order valence-electron chi connectivity index (χ2n) is 6.22. The number of hydrogen-bond donors (Lipinski definition) is 0. The highest BCUT2D eigenvalue weighted by atomic mass is 32.2. The maximum absolute atomic E-state index is 12.9. The van der Waals surface area contributed by atoms with E-state index in [1.54, 1.807) is 16.2 Å². The molecule has 0 bridgehead atoms. The number of carbonyl (C=O) groups is 1. The fraction of sp³-hybridized carbons (Fsp3) is 0.562. The van der Waals surface area contributed by atoms with Crippen molar-refractivity contribution in [2.24, 2.45) is 0 Å². The zero-order chi connectivity index (χ0) is 18.0. The standard InChI is InChI=1S/C16H21N3O3S3/c1-3-11(2)19(12-5-7-25(21,22)9-12)14(20)8-24-16-15-13(4-6-23-15)17-10-18-16/h4,6,10-12H,3,5,7-9H2,1-2H3. The van der Waals surface area contributed by atoms with E-state index in [1.165, 1.54) is 18.1 Å². The monoisotopic (exact) mass is 399 g/mol. The molecule has 3 heterocycles. The summed E-state index contributed by atoms with van der Waals surface area (Å²) >= 11 is 2.96. The van der Waals surface area contributed by atoms with Gasteiger partial charge in [0, 0.05) is 12.1 Å². The summed E-state index contributed by atoms with van der Waals surface area (Å²) in [6.45, 7) is 4.00. The van der Waals surface area contributed by atoms with E-state index in [4.69, 9.17) is 0 Å². The number of thioether (sulfide) groups is 1. The maximum atomic E-state index is 12.9. The van der Waals surface area contributed by atoms with Gasteiger partial charge in [0.25, 0.3) is 0 Å². The molecule has 0 aromatic carbocycles. The maximum Gasteiger partial charge on any atom is 0.233 e. The SMILES string of the molecule is CCC(C)N(C(=O)CSc1ncnc2ccsc12)C1CCS(=O)(=O)C1. The van der Waals surface area contributed by atoms with Crippen molar-refractivity contribution in [1.29, 1.82) is 0 Å². The minimum absolute atomic E-state index is 0.0234. The van der Waals surface area contributed by atoms with Crippen molar-refractivity contribution in [1.82, 2.24) is 14.9 Å². The normalized spacial score (nSPS) is 20.6. The molecule has 1 saturated heterocycles. The van der Waals surface area contributed by atoms with E-state index < -0.39 is 9.84 Å². The second-order valence-corrected chi connectivity index (χ2v) is 10.3. The predicted octanol–water partition coefficient (Wildman–Crippen LogP) is 2.60. The van der Waals surface area contributed by atoms with Gasteiger partial charge < -0.3 is 4.90 Å². The lowest BCUT2D eigenvalue weighted by Gasteiger charge is -2.33. The average molecular weight is 400 g/mol. The molecule has 136 valence electrons. The third-order valence-electron chi connectivity index (χ3n) is 4.50. The van der Waals surface area contributed by atoms with Gasteiger partial charge in [-0.1, -0.05) is 18.7 Å². The molecule has 2 unspecified atom stereocenters. The van der Waals surface area contributed by atoms with Crippen molar-refractivity contribution < 1.29 is 13.2 Å². The summed E-state index contributed by atoms with van der Waals surface area (Å²) in [6, 6.07) is 1.75. The van der Waals surface area contributed by atoms with Gasteiger partial charge in [0.2, 0.25) is 5.91 Å². The Kier molecular flexibility index (Phi) is 5.65. The lowest BCUT2D eigenvalue weighted by atomic mass is 10.1. The first kappa shape index (κ1) is 18.6. The molecule has 2 aromatic rings. The van der Waals surface area contributed by atoms with E-state index in [0.29, 0.717) is 6.42 Å². The first-order chi connectivity index (χ1) is 11.9. The number of rotatable bonds is 6. The van der Waals surface area contributed by atoms with Crippen molar-refractivity contribution in [3.63, 3.8) is 0 Å². The number of nitrogens with zero attached hydrogens (tertiary/aromatic N) is 3. The van der Waals surface area contributed by atoms with E-state index in [0.717, 1.165) is 21.7 Å². The molecule has 25 heavy (non-hydrogen) atoms. The summed E-state index contributed by atoms with van der Waals surface area (Å²) in [6.07, 6.45) is 2.85. The highest BCUT2D eigenvalue weighted by Crippen LogP contribution is 2.30. The molecule has 0 spiro atoms. The molecule has 6 nitrogen and oxygen atoms in total. The van der Waals surface area contributed by atoms with Crippen LogP contribution in [0.5, 0.6) is 0 Å². The van der Waals surface area contributed by atoms with Crippen LogP contribution in [0.3, 0.4) is 0 Å². The highest BCUT2D eigenvalue weighted by molar-refractivity contribution is 8.00. The zero-order valence-electron chi connectivity index (χ0n) is 14.2. The Labute approximate surface area is 156 Å². The van der Waals surface area contributed by atoms with Crippen LogP contribution in [0.1, 0.15) is 26.7 Å². The van der Waals surface area contributed by atoms with Crippen LogP contribution in [0, 0.1) is 0 Å². The van der Waals surface area contributed by atoms with E-state index in [9.17, 15) is 13.2 Å². The van der Waals surface area contributed by atoms with Crippen molar-refractivity contribution in [3.8, 4) is 0 Å². The van der Waals surface area contributed by atoms with Crippen LogP contribution in [0.4, 0.5) is 0 Å². The van der Waals surface area contributed by atoms with Gasteiger partial charge in [-0.25, -0.2) is 18.4 Å². The molecule has 0 N–H and O–H groups in total. The fourth-order valence-electron chi connectivity index (χ4n) is 3.07. The Bertz CT molecular complexity index is 866. The molecule has 1 aliphatic heterocycles. The van der Waals surface area contributed by atoms with E-state index in [2.05, 4.69) is 9.97 Å². The average Bonchev–Trinajstić information content (AvgIpc) is 3.19.